The van der Waals surface area contributed by atoms with Gasteiger partial charge in [0.25, 0.3) is 6.43 Å². The number of urea groups is 1. The number of hydrogen-bond donors (Lipinski definition) is 2. The third-order valence-electron chi connectivity index (χ3n) is 2.46. The fourth-order valence-corrected chi connectivity index (χ4v) is 1.60. The van der Waals surface area contributed by atoms with Crippen molar-refractivity contribution in [2.45, 2.75) is 6.43 Å². The number of benzene rings is 1. The molecule has 0 aliphatic rings. The van der Waals surface area contributed by atoms with Crippen molar-refractivity contribution < 1.29 is 18.3 Å². The molecule has 2 aromatic rings. The van der Waals surface area contributed by atoms with Gasteiger partial charge in [-0.15, -0.1) is 0 Å². The number of carbonyl (C=O) groups excluding carboxylic acids is 1. The van der Waals surface area contributed by atoms with E-state index in [2.05, 4.69) is 15.7 Å². The number of ether oxygens (including phenoxy) is 1. The summed E-state index contributed by atoms with van der Waals surface area (Å²) < 4.78 is 30.8. The average Bonchev–Trinajstić information content (AvgIpc) is 2.83. The Bertz CT molecular complexity index is 616. The number of hydrogen-bond acceptors (Lipinski definition) is 3. The number of halogens is 2. The van der Waals surface area contributed by atoms with E-state index in [1.807, 2.05) is 0 Å². The first-order chi connectivity index (χ1) is 10.0. The maximum atomic E-state index is 12.2. The molecule has 0 fully saturated rings. The van der Waals surface area contributed by atoms with Crippen LogP contribution >= 0.6 is 0 Å². The minimum atomic E-state index is -2.58. The quantitative estimate of drug-likeness (QED) is 0.891. The second-order valence-electron chi connectivity index (χ2n) is 4.15. The van der Waals surface area contributed by atoms with Crippen LogP contribution in [-0.2, 0) is 7.05 Å². The highest BCUT2D eigenvalue weighted by atomic mass is 19.3. The van der Waals surface area contributed by atoms with E-state index in [1.165, 1.54) is 10.7 Å². The number of carbonyl (C=O) groups is 1. The number of amides is 2. The molecule has 21 heavy (non-hydrogen) atoms. The molecule has 1 aromatic heterocycles. The Kier molecular flexibility index (Phi) is 4.70. The Morgan fingerprint density at radius 2 is 2.10 bits per heavy atom. The zero-order valence-corrected chi connectivity index (χ0v) is 11.2. The summed E-state index contributed by atoms with van der Waals surface area (Å²) in [7, 11) is 1.72. The third kappa shape index (κ3) is 4.44. The van der Waals surface area contributed by atoms with Crippen molar-refractivity contribution in [3.8, 4) is 5.75 Å². The summed E-state index contributed by atoms with van der Waals surface area (Å²) >= 11 is 0. The summed E-state index contributed by atoms with van der Waals surface area (Å²) in [6, 6.07) is 7.42. The molecule has 8 heteroatoms. The van der Waals surface area contributed by atoms with E-state index in [-0.39, 0.29) is 5.75 Å². The molecule has 0 spiro atoms. The number of nitrogens with zero attached hydrogens (tertiary/aromatic N) is 2. The lowest BCUT2D eigenvalue weighted by atomic mass is 10.3. The van der Waals surface area contributed by atoms with Gasteiger partial charge in [0, 0.05) is 19.3 Å². The molecule has 2 rings (SSSR count). The van der Waals surface area contributed by atoms with Crippen LogP contribution in [0.2, 0.25) is 0 Å². The molecule has 1 heterocycles. The number of aromatic nitrogens is 2. The number of para-hydroxylation sites is 2. The van der Waals surface area contributed by atoms with Gasteiger partial charge in [-0.05, 0) is 12.1 Å². The molecule has 0 saturated heterocycles. The highest BCUT2D eigenvalue weighted by Gasteiger charge is 2.10. The van der Waals surface area contributed by atoms with Gasteiger partial charge >= 0.3 is 6.03 Å². The van der Waals surface area contributed by atoms with Crippen molar-refractivity contribution in [1.82, 2.24) is 9.78 Å². The normalized spacial score (nSPS) is 10.5. The van der Waals surface area contributed by atoms with Gasteiger partial charge in [-0.1, -0.05) is 12.1 Å². The maximum Gasteiger partial charge on any atom is 0.325 e. The molecule has 112 valence electrons. The maximum absolute atomic E-state index is 12.2. The Balaban J connectivity index is 1.99. The van der Waals surface area contributed by atoms with Crippen LogP contribution in [0.25, 0.3) is 0 Å². The highest BCUT2D eigenvalue weighted by Crippen LogP contribution is 2.24. The fourth-order valence-electron chi connectivity index (χ4n) is 1.60. The van der Waals surface area contributed by atoms with E-state index in [1.54, 1.807) is 37.5 Å². The van der Waals surface area contributed by atoms with E-state index in [0.29, 0.717) is 11.5 Å². The number of nitrogens with one attached hydrogen (secondary N) is 2. The predicted molar refractivity (Wildman–Crippen MR) is 73.8 cm³/mol. The van der Waals surface area contributed by atoms with Crippen LogP contribution < -0.4 is 15.4 Å². The molecule has 1 aromatic carbocycles. The van der Waals surface area contributed by atoms with Crippen LogP contribution in [0.5, 0.6) is 5.75 Å². The first-order valence-electron chi connectivity index (χ1n) is 6.12. The van der Waals surface area contributed by atoms with E-state index in [4.69, 9.17) is 4.74 Å². The summed E-state index contributed by atoms with van der Waals surface area (Å²) in [6.45, 7) is -0.736. The standard InChI is InChI=1S/C13H14F2N4O2/c1-19-7-6-12(18-19)17-13(20)16-9-4-2-3-5-10(9)21-8-11(14)15/h2-7,11H,8H2,1H3,(H2,16,17,18,20). The minimum absolute atomic E-state index is 0.175. The van der Waals surface area contributed by atoms with Gasteiger partial charge in [0.2, 0.25) is 0 Å². The van der Waals surface area contributed by atoms with E-state index >= 15 is 0 Å². The molecule has 0 unspecified atom stereocenters. The largest absolute Gasteiger partial charge is 0.485 e. The molecule has 0 radical (unpaired) electrons. The first-order valence-corrected chi connectivity index (χ1v) is 6.12. The Morgan fingerprint density at radius 3 is 2.76 bits per heavy atom. The monoisotopic (exact) mass is 296 g/mol. The lowest BCUT2D eigenvalue weighted by Gasteiger charge is -2.12. The molecule has 0 saturated carbocycles. The lowest BCUT2D eigenvalue weighted by Crippen LogP contribution is -2.20. The summed E-state index contributed by atoms with van der Waals surface area (Å²) in [5.74, 6) is 0.551. The van der Waals surface area contributed by atoms with Crippen LogP contribution in [0.1, 0.15) is 0 Å². The summed E-state index contributed by atoms with van der Waals surface area (Å²) in [6.07, 6.45) is -0.907. The van der Waals surface area contributed by atoms with E-state index in [0.717, 1.165) is 0 Å². The Labute approximate surface area is 119 Å². The molecule has 2 amide bonds. The van der Waals surface area contributed by atoms with Crippen LogP contribution in [0.15, 0.2) is 36.5 Å². The van der Waals surface area contributed by atoms with Crippen LogP contribution in [0.3, 0.4) is 0 Å². The minimum Gasteiger partial charge on any atom is -0.485 e. The van der Waals surface area contributed by atoms with Crippen molar-refractivity contribution in [1.29, 1.82) is 0 Å². The molecule has 6 nitrogen and oxygen atoms in total. The number of anilines is 2. The van der Waals surface area contributed by atoms with Crippen LogP contribution in [0.4, 0.5) is 25.1 Å². The van der Waals surface area contributed by atoms with E-state index in [9.17, 15) is 13.6 Å². The number of aryl methyl sites for hydroxylation is 1. The average molecular weight is 296 g/mol. The molecule has 0 aliphatic heterocycles. The second kappa shape index (κ2) is 6.69. The van der Waals surface area contributed by atoms with Crippen LogP contribution in [0, 0.1) is 0 Å². The second-order valence-corrected chi connectivity index (χ2v) is 4.15. The van der Waals surface area contributed by atoms with Crippen molar-refractivity contribution in [3.63, 3.8) is 0 Å². The SMILES string of the molecule is Cn1ccc(NC(=O)Nc2ccccc2OCC(F)F)n1. The lowest BCUT2D eigenvalue weighted by molar-refractivity contribution is 0.0823. The van der Waals surface area contributed by atoms with Crippen molar-refractivity contribution >= 4 is 17.5 Å². The van der Waals surface area contributed by atoms with Gasteiger partial charge in [0.1, 0.15) is 12.4 Å². The van der Waals surface area contributed by atoms with Gasteiger partial charge in [0.15, 0.2) is 5.82 Å². The Hall–Kier alpha value is -2.64. The Morgan fingerprint density at radius 1 is 1.33 bits per heavy atom. The molecule has 0 atom stereocenters. The zero-order chi connectivity index (χ0) is 15.2. The smallest absolute Gasteiger partial charge is 0.325 e. The van der Waals surface area contributed by atoms with Gasteiger partial charge in [-0.2, -0.15) is 5.10 Å². The summed E-state index contributed by atoms with van der Waals surface area (Å²) in [5.41, 5.74) is 0.298. The zero-order valence-electron chi connectivity index (χ0n) is 11.2. The summed E-state index contributed by atoms with van der Waals surface area (Å²) in [4.78, 5) is 11.8. The molecule has 0 aliphatic carbocycles. The number of alkyl halides is 2. The third-order valence-corrected chi connectivity index (χ3v) is 2.46. The summed E-state index contributed by atoms with van der Waals surface area (Å²) in [5, 5.41) is 9.03. The molecular weight excluding hydrogens is 282 g/mol. The molecule has 2 N–H and O–H groups in total. The van der Waals surface area contributed by atoms with Crippen molar-refractivity contribution in [3.05, 3.63) is 36.5 Å². The predicted octanol–water partition coefficient (Wildman–Crippen LogP) is 2.71. The topological polar surface area (TPSA) is 68.2 Å². The van der Waals surface area contributed by atoms with Crippen LogP contribution in [-0.4, -0.2) is 28.8 Å². The van der Waals surface area contributed by atoms with Gasteiger partial charge in [0.05, 0.1) is 5.69 Å². The first kappa shape index (κ1) is 14.8. The van der Waals surface area contributed by atoms with Gasteiger partial charge in [-0.25, -0.2) is 13.6 Å². The van der Waals surface area contributed by atoms with Gasteiger partial charge in [-0.3, -0.25) is 10.00 Å². The van der Waals surface area contributed by atoms with Gasteiger partial charge < -0.3 is 10.1 Å². The molecular formula is C13H14F2N4O2. The van der Waals surface area contributed by atoms with Crippen molar-refractivity contribution in [2.75, 3.05) is 17.2 Å². The highest BCUT2D eigenvalue weighted by molar-refractivity contribution is 6.00. The number of rotatable bonds is 5. The van der Waals surface area contributed by atoms with E-state index < -0.39 is 19.1 Å². The van der Waals surface area contributed by atoms with Crippen molar-refractivity contribution in [2.24, 2.45) is 7.05 Å². The fraction of sp³-hybridized carbons (Fsp3) is 0.231. The molecule has 0 bridgehead atoms.